The molecule has 1 aliphatic heterocycles. The van der Waals surface area contributed by atoms with Crippen molar-refractivity contribution in [2.24, 2.45) is 0 Å². The van der Waals surface area contributed by atoms with Crippen molar-refractivity contribution in [1.82, 2.24) is 20.3 Å². The minimum atomic E-state index is -0.138. The molecule has 0 bridgehead atoms. The van der Waals surface area contributed by atoms with Gasteiger partial charge in [0.25, 0.3) is 5.91 Å². The number of H-pyrrole nitrogens is 1. The van der Waals surface area contributed by atoms with Gasteiger partial charge in [0.05, 0.1) is 13.2 Å². The van der Waals surface area contributed by atoms with Crippen molar-refractivity contribution < 1.29 is 9.53 Å². The van der Waals surface area contributed by atoms with Gasteiger partial charge < -0.3 is 9.64 Å². The van der Waals surface area contributed by atoms with Gasteiger partial charge in [0, 0.05) is 12.1 Å². The number of aryl methyl sites for hydroxylation is 1. The molecular formula is C22H20N4O2. The van der Waals surface area contributed by atoms with Crippen LogP contribution in [0.3, 0.4) is 0 Å². The van der Waals surface area contributed by atoms with Gasteiger partial charge in [0.2, 0.25) is 0 Å². The fourth-order valence-electron chi connectivity index (χ4n) is 3.98. The summed E-state index contributed by atoms with van der Waals surface area (Å²) >= 11 is 0. The molecule has 5 rings (SSSR count). The smallest absolute Gasteiger partial charge is 0.254 e. The summed E-state index contributed by atoms with van der Waals surface area (Å²) in [6.07, 6.45) is -0.138. The molecule has 0 spiro atoms. The van der Waals surface area contributed by atoms with E-state index in [-0.39, 0.29) is 12.0 Å². The van der Waals surface area contributed by atoms with Crippen LogP contribution in [0.15, 0.2) is 54.6 Å². The van der Waals surface area contributed by atoms with Crippen LogP contribution in [-0.2, 0) is 4.74 Å². The molecule has 4 aromatic rings. The fraction of sp³-hybridized carbons (Fsp3) is 0.227. The molecule has 6 nitrogen and oxygen atoms in total. The van der Waals surface area contributed by atoms with Crippen molar-refractivity contribution in [3.05, 3.63) is 71.3 Å². The lowest BCUT2D eigenvalue weighted by atomic mass is 9.99. The second kappa shape index (κ2) is 6.73. The molecule has 1 unspecified atom stereocenters. The van der Waals surface area contributed by atoms with E-state index >= 15 is 0 Å². The first-order chi connectivity index (χ1) is 13.7. The molecule has 1 aromatic heterocycles. The Hall–Kier alpha value is -3.25. The number of hydrogen-bond acceptors (Lipinski definition) is 4. The molecule has 0 saturated carbocycles. The number of hydrogen-bond donors (Lipinski definition) is 1. The van der Waals surface area contributed by atoms with Gasteiger partial charge in [-0.25, -0.2) is 0 Å². The van der Waals surface area contributed by atoms with Crippen molar-refractivity contribution in [3.63, 3.8) is 0 Å². The van der Waals surface area contributed by atoms with Gasteiger partial charge in [0.1, 0.15) is 17.1 Å². The van der Waals surface area contributed by atoms with Crippen LogP contribution in [0, 0.1) is 6.92 Å². The topological polar surface area (TPSA) is 71.1 Å². The summed E-state index contributed by atoms with van der Waals surface area (Å²) in [4.78, 5) is 15.0. The Kier molecular flexibility index (Phi) is 4.06. The van der Waals surface area contributed by atoms with E-state index in [4.69, 9.17) is 4.74 Å². The molecule has 140 valence electrons. The summed E-state index contributed by atoms with van der Waals surface area (Å²) in [6.45, 7) is 3.57. The SMILES string of the molecule is Cc1cc(C(=O)N2CCOC(c3cccc4ccccc34)C2)cc2n[nH]nc12. The Morgan fingerprint density at radius 1 is 1.14 bits per heavy atom. The first-order valence-electron chi connectivity index (χ1n) is 9.40. The number of nitrogens with zero attached hydrogens (tertiary/aromatic N) is 3. The molecular weight excluding hydrogens is 352 g/mol. The first-order valence-corrected chi connectivity index (χ1v) is 9.40. The summed E-state index contributed by atoms with van der Waals surface area (Å²) < 4.78 is 6.05. The number of morpholine rings is 1. The highest BCUT2D eigenvalue weighted by molar-refractivity contribution is 5.98. The van der Waals surface area contributed by atoms with Crippen molar-refractivity contribution in [1.29, 1.82) is 0 Å². The highest BCUT2D eigenvalue weighted by Crippen LogP contribution is 2.30. The Balaban J connectivity index is 1.45. The monoisotopic (exact) mass is 372 g/mol. The summed E-state index contributed by atoms with van der Waals surface area (Å²) in [5, 5.41) is 13.2. The average Bonchev–Trinajstić information content (AvgIpc) is 3.22. The van der Waals surface area contributed by atoms with Crippen molar-refractivity contribution in [3.8, 4) is 0 Å². The number of ether oxygens (including phenoxy) is 1. The lowest BCUT2D eigenvalue weighted by Crippen LogP contribution is -2.42. The molecule has 0 aliphatic carbocycles. The fourth-order valence-corrected chi connectivity index (χ4v) is 3.98. The van der Waals surface area contributed by atoms with Gasteiger partial charge in [0.15, 0.2) is 0 Å². The van der Waals surface area contributed by atoms with E-state index < -0.39 is 0 Å². The number of carbonyl (C=O) groups is 1. The number of carbonyl (C=O) groups excluding carboxylic acids is 1. The molecule has 1 N–H and O–H groups in total. The predicted octanol–water partition coefficient (Wildman–Crippen LogP) is 3.63. The Bertz CT molecular complexity index is 1180. The molecule has 1 fully saturated rings. The second-order valence-electron chi connectivity index (χ2n) is 7.16. The normalized spacial score (nSPS) is 17.3. The van der Waals surface area contributed by atoms with Crippen LogP contribution in [0.25, 0.3) is 21.8 Å². The summed E-state index contributed by atoms with van der Waals surface area (Å²) in [7, 11) is 0. The van der Waals surface area contributed by atoms with Crippen molar-refractivity contribution in [2.45, 2.75) is 13.0 Å². The lowest BCUT2D eigenvalue weighted by Gasteiger charge is -2.33. The van der Waals surface area contributed by atoms with Crippen LogP contribution in [0.4, 0.5) is 0 Å². The van der Waals surface area contributed by atoms with E-state index in [1.165, 1.54) is 10.8 Å². The Morgan fingerprint density at radius 2 is 2.00 bits per heavy atom. The summed E-state index contributed by atoms with van der Waals surface area (Å²) in [6, 6.07) is 18.2. The van der Waals surface area contributed by atoms with E-state index in [0.29, 0.717) is 30.8 Å². The van der Waals surface area contributed by atoms with E-state index in [2.05, 4.69) is 39.7 Å². The van der Waals surface area contributed by atoms with E-state index in [9.17, 15) is 4.79 Å². The van der Waals surface area contributed by atoms with Gasteiger partial charge in [-0.2, -0.15) is 15.4 Å². The Morgan fingerprint density at radius 3 is 2.93 bits per heavy atom. The zero-order valence-corrected chi connectivity index (χ0v) is 15.6. The van der Waals surface area contributed by atoms with Crippen molar-refractivity contribution in [2.75, 3.05) is 19.7 Å². The highest BCUT2D eigenvalue weighted by Gasteiger charge is 2.27. The van der Waals surface area contributed by atoms with Gasteiger partial charge in [-0.15, -0.1) is 0 Å². The maximum Gasteiger partial charge on any atom is 0.254 e. The maximum absolute atomic E-state index is 13.2. The average molecular weight is 372 g/mol. The van der Waals surface area contributed by atoms with Gasteiger partial charge in [-0.3, -0.25) is 4.79 Å². The van der Waals surface area contributed by atoms with Crippen LogP contribution < -0.4 is 0 Å². The number of fused-ring (bicyclic) bond motifs is 2. The van der Waals surface area contributed by atoms with E-state index in [1.807, 2.05) is 36.1 Å². The van der Waals surface area contributed by atoms with Crippen LogP contribution >= 0.6 is 0 Å². The van der Waals surface area contributed by atoms with Gasteiger partial charge in [-0.05, 0) is 41.0 Å². The molecule has 2 heterocycles. The minimum Gasteiger partial charge on any atom is -0.370 e. The molecule has 1 amide bonds. The standard InChI is InChI=1S/C22H20N4O2/c1-14-11-16(12-19-21(14)24-25-23-19)22(27)26-9-10-28-20(13-26)18-8-4-6-15-5-2-3-7-17(15)18/h2-8,11-12,20H,9-10,13H2,1H3,(H,23,24,25). The predicted molar refractivity (Wildman–Crippen MR) is 107 cm³/mol. The van der Waals surface area contributed by atoms with Crippen LogP contribution in [0.5, 0.6) is 0 Å². The van der Waals surface area contributed by atoms with Gasteiger partial charge >= 0.3 is 0 Å². The van der Waals surface area contributed by atoms with Crippen molar-refractivity contribution >= 4 is 27.7 Å². The third-order valence-corrected chi connectivity index (χ3v) is 5.38. The molecule has 3 aromatic carbocycles. The quantitative estimate of drug-likeness (QED) is 0.583. The maximum atomic E-state index is 13.2. The Labute approximate surface area is 162 Å². The van der Waals surface area contributed by atoms with Crippen LogP contribution in [0.1, 0.15) is 27.6 Å². The summed E-state index contributed by atoms with van der Waals surface area (Å²) in [5.41, 5.74) is 4.21. The number of benzene rings is 3. The third kappa shape index (κ3) is 2.82. The molecule has 28 heavy (non-hydrogen) atoms. The van der Waals surface area contributed by atoms with Crippen LogP contribution in [0.2, 0.25) is 0 Å². The number of rotatable bonds is 2. The number of amides is 1. The third-order valence-electron chi connectivity index (χ3n) is 5.38. The molecule has 1 aliphatic rings. The molecule has 1 atom stereocenters. The first kappa shape index (κ1) is 16.9. The number of nitrogens with one attached hydrogen (secondary N) is 1. The zero-order chi connectivity index (χ0) is 19.1. The van der Waals surface area contributed by atoms with E-state index in [1.54, 1.807) is 6.07 Å². The molecule has 1 saturated heterocycles. The van der Waals surface area contributed by atoms with Crippen LogP contribution in [-0.4, -0.2) is 45.9 Å². The summed E-state index contributed by atoms with van der Waals surface area (Å²) in [5.74, 6) is 0.00142. The number of aromatic amines is 1. The lowest BCUT2D eigenvalue weighted by molar-refractivity contribution is -0.0221. The largest absolute Gasteiger partial charge is 0.370 e. The highest BCUT2D eigenvalue weighted by atomic mass is 16.5. The van der Waals surface area contributed by atoms with Gasteiger partial charge in [-0.1, -0.05) is 42.5 Å². The van der Waals surface area contributed by atoms with E-state index in [0.717, 1.165) is 16.6 Å². The molecule has 0 radical (unpaired) electrons. The zero-order valence-electron chi connectivity index (χ0n) is 15.6. The minimum absolute atomic E-state index is 0.00142. The second-order valence-corrected chi connectivity index (χ2v) is 7.16. The molecule has 6 heteroatoms. The number of aromatic nitrogens is 3.